The molecule has 120 valence electrons. The topological polar surface area (TPSA) is 86.7 Å². The van der Waals surface area contributed by atoms with Crippen LogP contribution in [0.1, 0.15) is 5.56 Å². The highest BCUT2D eigenvalue weighted by molar-refractivity contribution is 9.10. The molecule has 0 atom stereocenters. The molecule has 3 rings (SSSR count). The molecule has 1 aliphatic heterocycles. The van der Waals surface area contributed by atoms with E-state index in [1.807, 2.05) is 0 Å². The first-order valence-corrected chi connectivity index (χ1v) is 7.72. The molecule has 7 heteroatoms. The van der Waals surface area contributed by atoms with Crippen molar-refractivity contribution in [2.45, 2.75) is 0 Å². The van der Waals surface area contributed by atoms with Gasteiger partial charge in [-0.15, -0.1) is 0 Å². The number of nitrogens with one attached hydrogen (secondary N) is 1. The lowest BCUT2D eigenvalue weighted by Crippen LogP contribution is -2.54. The van der Waals surface area contributed by atoms with E-state index >= 15 is 0 Å². The average Bonchev–Trinajstić information content (AvgIpc) is 2.56. The van der Waals surface area contributed by atoms with Gasteiger partial charge in [0.15, 0.2) is 0 Å². The van der Waals surface area contributed by atoms with Crippen molar-refractivity contribution in [2.24, 2.45) is 0 Å². The monoisotopic (exact) mass is 386 g/mol. The zero-order valence-corrected chi connectivity index (χ0v) is 13.8. The number of hydrogen-bond acceptors (Lipinski definition) is 4. The molecule has 24 heavy (non-hydrogen) atoms. The number of barbiturate groups is 1. The summed E-state index contributed by atoms with van der Waals surface area (Å²) >= 11 is 3.17. The number of amides is 4. The maximum Gasteiger partial charge on any atom is 0.335 e. The first-order chi connectivity index (χ1) is 11.5. The summed E-state index contributed by atoms with van der Waals surface area (Å²) in [6.45, 7) is 0. The Bertz CT molecular complexity index is 877. The van der Waals surface area contributed by atoms with Crippen molar-refractivity contribution in [2.75, 3.05) is 4.90 Å². The van der Waals surface area contributed by atoms with E-state index in [9.17, 15) is 19.5 Å². The van der Waals surface area contributed by atoms with Crippen LogP contribution < -0.4 is 10.2 Å². The van der Waals surface area contributed by atoms with Crippen molar-refractivity contribution in [1.29, 1.82) is 0 Å². The third-order valence-electron chi connectivity index (χ3n) is 3.43. The largest absolute Gasteiger partial charge is 0.506 e. The maximum absolute atomic E-state index is 12.6. The molecule has 1 heterocycles. The molecule has 2 N–H and O–H groups in total. The van der Waals surface area contributed by atoms with Gasteiger partial charge in [0.25, 0.3) is 11.8 Å². The summed E-state index contributed by atoms with van der Waals surface area (Å²) in [5, 5.41) is 12.1. The van der Waals surface area contributed by atoms with Crippen LogP contribution in [0.2, 0.25) is 0 Å². The highest BCUT2D eigenvalue weighted by Crippen LogP contribution is 2.30. The highest BCUT2D eigenvalue weighted by Gasteiger charge is 2.36. The van der Waals surface area contributed by atoms with Crippen molar-refractivity contribution >= 4 is 45.5 Å². The van der Waals surface area contributed by atoms with Crippen LogP contribution in [0.25, 0.3) is 6.08 Å². The van der Waals surface area contributed by atoms with Gasteiger partial charge in [0.1, 0.15) is 11.3 Å². The summed E-state index contributed by atoms with van der Waals surface area (Å²) < 4.78 is 0.427. The van der Waals surface area contributed by atoms with Gasteiger partial charge in [-0.05, 0) is 40.2 Å². The SMILES string of the molecule is O=C1NC(=O)N(c2ccccc2)C(=O)/C1=C\c1cccc(Br)c1O. The summed E-state index contributed by atoms with van der Waals surface area (Å²) in [6, 6.07) is 12.3. The summed E-state index contributed by atoms with van der Waals surface area (Å²) in [5.74, 6) is -1.67. The molecule has 4 amide bonds. The standard InChI is InChI=1S/C17H11BrN2O4/c18-13-8-4-5-10(14(13)21)9-12-15(22)19-17(24)20(16(12)23)11-6-2-1-3-7-11/h1-9,21H,(H,19,22,24)/b12-9-. The highest BCUT2D eigenvalue weighted by atomic mass is 79.9. The fourth-order valence-electron chi connectivity index (χ4n) is 2.27. The molecule has 0 saturated carbocycles. The normalized spacial score (nSPS) is 16.5. The molecule has 0 radical (unpaired) electrons. The zero-order valence-electron chi connectivity index (χ0n) is 12.2. The second-order valence-electron chi connectivity index (χ2n) is 4.97. The van der Waals surface area contributed by atoms with Crippen LogP contribution in [0, 0.1) is 0 Å². The van der Waals surface area contributed by atoms with Crippen LogP contribution in [0.15, 0.2) is 58.6 Å². The summed E-state index contributed by atoms with van der Waals surface area (Å²) in [5.41, 5.74) is 0.383. The number of phenolic OH excluding ortho intramolecular Hbond substituents is 1. The van der Waals surface area contributed by atoms with E-state index in [2.05, 4.69) is 21.2 Å². The number of phenols is 1. The van der Waals surface area contributed by atoms with Crippen LogP contribution in [-0.4, -0.2) is 23.0 Å². The van der Waals surface area contributed by atoms with Gasteiger partial charge < -0.3 is 5.11 Å². The maximum atomic E-state index is 12.6. The Hall–Kier alpha value is -2.93. The number of carbonyl (C=O) groups excluding carboxylic acids is 3. The van der Waals surface area contributed by atoms with Crippen LogP contribution >= 0.6 is 15.9 Å². The molecular weight excluding hydrogens is 376 g/mol. The molecule has 6 nitrogen and oxygen atoms in total. The van der Waals surface area contributed by atoms with Gasteiger partial charge in [0.2, 0.25) is 0 Å². The molecule has 2 aromatic carbocycles. The summed E-state index contributed by atoms with van der Waals surface area (Å²) in [6.07, 6.45) is 1.25. The van der Waals surface area contributed by atoms with Crippen LogP contribution in [0.4, 0.5) is 10.5 Å². The predicted octanol–water partition coefficient (Wildman–Crippen LogP) is 2.82. The molecule has 2 aromatic rings. The van der Waals surface area contributed by atoms with E-state index in [0.717, 1.165) is 4.90 Å². The van der Waals surface area contributed by atoms with E-state index < -0.39 is 17.8 Å². The van der Waals surface area contributed by atoms with Gasteiger partial charge in [-0.2, -0.15) is 0 Å². The number of halogens is 1. The van der Waals surface area contributed by atoms with Gasteiger partial charge in [-0.1, -0.05) is 30.3 Å². The third-order valence-corrected chi connectivity index (χ3v) is 4.07. The van der Waals surface area contributed by atoms with Gasteiger partial charge in [-0.25, -0.2) is 9.69 Å². The lowest BCUT2D eigenvalue weighted by molar-refractivity contribution is -0.122. The second kappa shape index (κ2) is 6.29. The van der Waals surface area contributed by atoms with Crippen LogP contribution in [-0.2, 0) is 9.59 Å². The molecule has 0 spiro atoms. The van der Waals surface area contributed by atoms with Gasteiger partial charge in [0.05, 0.1) is 10.2 Å². The molecule has 0 unspecified atom stereocenters. The first kappa shape index (κ1) is 15.9. The molecule has 0 aliphatic carbocycles. The lowest BCUT2D eigenvalue weighted by Gasteiger charge is -2.26. The Labute approximate surface area is 145 Å². The molecule has 1 aliphatic rings. The number of rotatable bonds is 2. The quantitative estimate of drug-likeness (QED) is 0.613. The number of hydrogen-bond donors (Lipinski definition) is 2. The van der Waals surface area contributed by atoms with E-state index in [0.29, 0.717) is 10.2 Å². The summed E-state index contributed by atoms with van der Waals surface area (Å²) in [4.78, 5) is 37.6. The van der Waals surface area contributed by atoms with Gasteiger partial charge in [-0.3, -0.25) is 14.9 Å². The van der Waals surface area contributed by atoms with Crippen molar-refractivity contribution in [3.63, 3.8) is 0 Å². The second-order valence-corrected chi connectivity index (χ2v) is 5.83. The predicted molar refractivity (Wildman–Crippen MR) is 91.3 cm³/mol. The number of urea groups is 1. The summed E-state index contributed by atoms with van der Waals surface area (Å²) in [7, 11) is 0. The Morgan fingerprint density at radius 3 is 2.42 bits per heavy atom. The van der Waals surface area contributed by atoms with Crippen LogP contribution in [0.5, 0.6) is 5.75 Å². The molecule has 0 aromatic heterocycles. The average molecular weight is 387 g/mol. The minimum absolute atomic E-state index is 0.103. The number of benzene rings is 2. The van der Waals surface area contributed by atoms with Gasteiger partial charge >= 0.3 is 6.03 Å². The number of anilines is 1. The Morgan fingerprint density at radius 2 is 1.71 bits per heavy atom. The number of para-hydroxylation sites is 2. The molecule has 0 bridgehead atoms. The number of imide groups is 2. The fraction of sp³-hybridized carbons (Fsp3) is 0. The smallest absolute Gasteiger partial charge is 0.335 e. The Kier molecular flexibility index (Phi) is 4.18. The van der Waals surface area contributed by atoms with E-state index in [4.69, 9.17) is 0 Å². The minimum Gasteiger partial charge on any atom is -0.506 e. The molecular formula is C17H11BrN2O4. The van der Waals surface area contributed by atoms with Gasteiger partial charge in [0, 0.05) is 5.56 Å². The molecule has 1 fully saturated rings. The Morgan fingerprint density at radius 1 is 1.00 bits per heavy atom. The third kappa shape index (κ3) is 2.81. The zero-order chi connectivity index (χ0) is 17.3. The number of aromatic hydroxyl groups is 1. The van der Waals surface area contributed by atoms with E-state index in [-0.39, 0.29) is 16.9 Å². The number of nitrogens with zero attached hydrogens (tertiary/aromatic N) is 1. The lowest BCUT2D eigenvalue weighted by atomic mass is 10.1. The first-order valence-electron chi connectivity index (χ1n) is 6.93. The fourth-order valence-corrected chi connectivity index (χ4v) is 2.65. The van der Waals surface area contributed by atoms with Crippen molar-refractivity contribution in [1.82, 2.24) is 5.32 Å². The van der Waals surface area contributed by atoms with E-state index in [1.54, 1.807) is 48.5 Å². The van der Waals surface area contributed by atoms with Crippen molar-refractivity contribution in [3.05, 3.63) is 64.1 Å². The molecule has 1 saturated heterocycles. The Balaban J connectivity index is 2.06. The minimum atomic E-state index is -0.813. The number of carbonyl (C=O) groups is 3. The van der Waals surface area contributed by atoms with E-state index in [1.165, 1.54) is 6.08 Å². The van der Waals surface area contributed by atoms with Crippen LogP contribution in [0.3, 0.4) is 0 Å². The van der Waals surface area contributed by atoms with Crippen molar-refractivity contribution in [3.8, 4) is 5.75 Å². The van der Waals surface area contributed by atoms with Crippen molar-refractivity contribution < 1.29 is 19.5 Å².